The maximum atomic E-state index is 13.0. The van der Waals surface area contributed by atoms with E-state index in [0.717, 1.165) is 6.42 Å². The fourth-order valence-electron chi connectivity index (χ4n) is 5.38. The minimum absolute atomic E-state index is 0.0562. The lowest BCUT2D eigenvalue weighted by atomic mass is 9.67. The van der Waals surface area contributed by atoms with Crippen LogP contribution >= 0.6 is 0 Å². The Bertz CT molecular complexity index is 402. The zero-order valence-electron chi connectivity index (χ0n) is 9.32. The molecular weight excluding hydrogens is 229 g/mol. The average molecular weight is 244 g/mol. The molecule has 1 nitrogen and oxygen atoms in total. The molecule has 0 spiro atoms. The highest BCUT2D eigenvalue weighted by Crippen LogP contribution is 2.70. The zero-order chi connectivity index (χ0) is 12.0. The molecule has 0 amide bonds. The molecule has 0 heterocycles. The van der Waals surface area contributed by atoms with Crippen LogP contribution in [-0.2, 0) is 0 Å². The van der Waals surface area contributed by atoms with Gasteiger partial charge in [-0.25, -0.2) is 0 Å². The fourth-order valence-corrected chi connectivity index (χ4v) is 5.38. The molecule has 7 unspecified atom stereocenters. The number of alkyl halides is 3. The highest BCUT2D eigenvalue weighted by molar-refractivity contribution is 5.24. The van der Waals surface area contributed by atoms with E-state index in [0.29, 0.717) is 24.2 Å². The molecular formula is C13H15F3O. The van der Waals surface area contributed by atoms with E-state index in [-0.39, 0.29) is 18.3 Å². The van der Waals surface area contributed by atoms with Crippen LogP contribution in [0.15, 0.2) is 12.2 Å². The lowest BCUT2D eigenvalue weighted by Crippen LogP contribution is -2.54. The second kappa shape index (κ2) is 2.73. The topological polar surface area (TPSA) is 20.2 Å². The molecule has 17 heavy (non-hydrogen) atoms. The number of fused-ring (bicyclic) bond motifs is 9. The van der Waals surface area contributed by atoms with E-state index in [4.69, 9.17) is 0 Å². The number of hydrogen-bond donors (Lipinski definition) is 1. The number of allylic oxidation sites excluding steroid dienone is 2. The maximum absolute atomic E-state index is 13.0. The van der Waals surface area contributed by atoms with Gasteiger partial charge in [0, 0.05) is 5.92 Å². The highest BCUT2D eigenvalue weighted by atomic mass is 19.4. The van der Waals surface area contributed by atoms with Crippen LogP contribution in [0.1, 0.15) is 19.3 Å². The van der Waals surface area contributed by atoms with E-state index in [1.165, 1.54) is 0 Å². The Morgan fingerprint density at radius 1 is 1.06 bits per heavy atom. The summed E-state index contributed by atoms with van der Waals surface area (Å²) < 4.78 is 39.1. The number of rotatable bonds is 0. The Hall–Kier alpha value is -0.510. The SMILES string of the molecule is OC1(C(F)(F)F)CC2CC1C1C3C=CC(C3)C21. The van der Waals surface area contributed by atoms with Crippen LogP contribution in [0, 0.1) is 35.5 Å². The van der Waals surface area contributed by atoms with Crippen molar-refractivity contribution < 1.29 is 18.3 Å². The van der Waals surface area contributed by atoms with Gasteiger partial charge in [0.05, 0.1) is 0 Å². The molecule has 4 bridgehead atoms. The molecule has 0 radical (unpaired) electrons. The second-order valence-corrected chi connectivity index (χ2v) is 6.33. The number of hydrogen-bond acceptors (Lipinski definition) is 1. The van der Waals surface area contributed by atoms with Crippen LogP contribution in [0.2, 0.25) is 0 Å². The second-order valence-electron chi connectivity index (χ2n) is 6.33. The molecule has 0 aromatic rings. The normalized spacial score (nSPS) is 59.1. The van der Waals surface area contributed by atoms with Crippen LogP contribution in [0.5, 0.6) is 0 Å². The first-order valence-corrected chi connectivity index (χ1v) is 6.39. The fraction of sp³-hybridized carbons (Fsp3) is 0.846. The van der Waals surface area contributed by atoms with Gasteiger partial charge in [-0.1, -0.05) is 12.2 Å². The van der Waals surface area contributed by atoms with Gasteiger partial charge in [-0.15, -0.1) is 0 Å². The van der Waals surface area contributed by atoms with E-state index < -0.39 is 17.7 Å². The summed E-state index contributed by atoms with van der Waals surface area (Å²) in [6, 6.07) is 0. The van der Waals surface area contributed by atoms with Gasteiger partial charge in [0.2, 0.25) is 0 Å². The molecule has 4 rings (SSSR count). The largest absolute Gasteiger partial charge is 0.417 e. The van der Waals surface area contributed by atoms with Crippen molar-refractivity contribution in [2.24, 2.45) is 35.5 Å². The molecule has 0 aromatic heterocycles. The highest BCUT2D eigenvalue weighted by Gasteiger charge is 2.73. The Balaban J connectivity index is 1.74. The molecule has 94 valence electrons. The van der Waals surface area contributed by atoms with Crippen molar-refractivity contribution in [2.75, 3.05) is 0 Å². The molecule has 4 aliphatic rings. The van der Waals surface area contributed by atoms with E-state index >= 15 is 0 Å². The quantitative estimate of drug-likeness (QED) is 0.513. The van der Waals surface area contributed by atoms with E-state index in [2.05, 4.69) is 12.2 Å². The summed E-state index contributed by atoms with van der Waals surface area (Å²) in [5.41, 5.74) is -2.39. The third-order valence-electron chi connectivity index (χ3n) is 5.83. The van der Waals surface area contributed by atoms with Crippen LogP contribution in [0.25, 0.3) is 0 Å². The molecule has 1 N–H and O–H groups in total. The van der Waals surface area contributed by atoms with Crippen molar-refractivity contribution in [3.63, 3.8) is 0 Å². The maximum Gasteiger partial charge on any atom is 0.417 e. The summed E-state index contributed by atoms with van der Waals surface area (Å²) in [7, 11) is 0. The Labute approximate surface area is 97.7 Å². The zero-order valence-corrected chi connectivity index (χ0v) is 9.32. The van der Waals surface area contributed by atoms with Crippen molar-refractivity contribution in [1.82, 2.24) is 0 Å². The molecule has 0 aromatic carbocycles. The van der Waals surface area contributed by atoms with Crippen molar-refractivity contribution in [3.05, 3.63) is 12.2 Å². The van der Waals surface area contributed by atoms with Crippen molar-refractivity contribution in [1.29, 1.82) is 0 Å². The van der Waals surface area contributed by atoms with Crippen LogP contribution in [0.4, 0.5) is 13.2 Å². The molecule has 3 saturated carbocycles. The van der Waals surface area contributed by atoms with Gasteiger partial charge in [0.1, 0.15) is 0 Å². The summed E-state index contributed by atoms with van der Waals surface area (Å²) in [6.07, 6.45) is 1.38. The first-order valence-electron chi connectivity index (χ1n) is 6.39. The number of halogens is 3. The van der Waals surface area contributed by atoms with E-state index in [9.17, 15) is 18.3 Å². The predicted molar refractivity (Wildman–Crippen MR) is 54.9 cm³/mol. The summed E-state index contributed by atoms with van der Waals surface area (Å²) in [4.78, 5) is 0. The van der Waals surface area contributed by atoms with Gasteiger partial charge < -0.3 is 5.11 Å². The van der Waals surface area contributed by atoms with Crippen molar-refractivity contribution in [2.45, 2.75) is 31.0 Å². The Kier molecular flexibility index (Phi) is 1.68. The summed E-state index contributed by atoms with van der Waals surface area (Å²) >= 11 is 0. The van der Waals surface area contributed by atoms with E-state index in [1.807, 2.05) is 0 Å². The smallest absolute Gasteiger partial charge is 0.380 e. The summed E-state index contributed by atoms with van der Waals surface area (Å²) in [5.74, 6) is 0.869. The summed E-state index contributed by atoms with van der Waals surface area (Å²) in [5, 5.41) is 10.0. The minimum Gasteiger partial charge on any atom is -0.380 e. The first kappa shape index (κ1) is 10.4. The monoisotopic (exact) mass is 244 g/mol. The van der Waals surface area contributed by atoms with Gasteiger partial charge in [-0.05, 0) is 48.9 Å². The van der Waals surface area contributed by atoms with Crippen LogP contribution < -0.4 is 0 Å². The Morgan fingerprint density at radius 2 is 1.71 bits per heavy atom. The van der Waals surface area contributed by atoms with Crippen molar-refractivity contribution in [3.8, 4) is 0 Å². The van der Waals surface area contributed by atoms with Gasteiger partial charge in [-0.2, -0.15) is 13.2 Å². The van der Waals surface area contributed by atoms with Crippen LogP contribution in [0.3, 0.4) is 0 Å². The third-order valence-corrected chi connectivity index (χ3v) is 5.83. The minimum atomic E-state index is -4.46. The molecule has 4 aliphatic carbocycles. The lowest BCUT2D eigenvalue weighted by molar-refractivity contribution is -0.286. The predicted octanol–water partition coefficient (Wildman–Crippen LogP) is 2.76. The van der Waals surface area contributed by atoms with E-state index in [1.54, 1.807) is 0 Å². The lowest BCUT2D eigenvalue weighted by Gasteiger charge is -2.42. The summed E-state index contributed by atoms with van der Waals surface area (Å²) in [6.45, 7) is 0. The van der Waals surface area contributed by atoms with Gasteiger partial charge >= 0.3 is 6.18 Å². The molecule has 3 fully saturated rings. The molecule has 0 saturated heterocycles. The van der Waals surface area contributed by atoms with Gasteiger partial charge in [-0.3, -0.25) is 0 Å². The molecule has 0 aliphatic heterocycles. The first-order chi connectivity index (χ1) is 7.92. The molecule has 7 atom stereocenters. The standard InChI is InChI=1S/C13H15F3O/c14-13(15,16)12(17)5-8-4-9(12)11-7-2-1-6(3-7)10(8)11/h1-2,6-11,17H,3-5H2. The molecule has 4 heteroatoms. The average Bonchev–Trinajstić information content (AvgIpc) is 2.91. The van der Waals surface area contributed by atoms with Crippen LogP contribution in [-0.4, -0.2) is 16.9 Å². The number of aliphatic hydroxyl groups is 1. The van der Waals surface area contributed by atoms with Crippen molar-refractivity contribution >= 4 is 0 Å². The van der Waals surface area contributed by atoms with Gasteiger partial charge in [0.25, 0.3) is 0 Å². The van der Waals surface area contributed by atoms with Gasteiger partial charge in [0.15, 0.2) is 5.60 Å². The third kappa shape index (κ3) is 1.02. The Morgan fingerprint density at radius 3 is 2.35 bits per heavy atom.